The standard InChI is InChI=1S/C7Cl2F3NO3/c8-2-3(10)1(7(9)14)6(13(15)16)5(12)4(2)11. The van der Waals surface area contributed by atoms with E-state index in [1.54, 1.807) is 0 Å². The van der Waals surface area contributed by atoms with Gasteiger partial charge in [0.05, 0.1) is 4.92 Å². The fourth-order valence-corrected chi connectivity index (χ4v) is 1.32. The van der Waals surface area contributed by atoms with Crippen LogP contribution in [0.5, 0.6) is 0 Å². The molecule has 0 saturated heterocycles. The Balaban J connectivity index is 3.83. The number of carbonyl (C=O) groups is 1. The zero-order chi connectivity index (χ0) is 12.6. The highest BCUT2D eigenvalue weighted by molar-refractivity contribution is 6.68. The van der Waals surface area contributed by atoms with Crippen LogP contribution in [0.15, 0.2) is 0 Å². The molecule has 0 aliphatic heterocycles. The Kier molecular flexibility index (Phi) is 3.39. The van der Waals surface area contributed by atoms with E-state index in [1.807, 2.05) is 0 Å². The van der Waals surface area contributed by atoms with Crippen molar-refractivity contribution in [2.24, 2.45) is 0 Å². The second kappa shape index (κ2) is 4.26. The molecular weight excluding hydrogens is 274 g/mol. The minimum absolute atomic E-state index is 1.37. The summed E-state index contributed by atoms with van der Waals surface area (Å²) < 4.78 is 39.1. The van der Waals surface area contributed by atoms with E-state index in [2.05, 4.69) is 0 Å². The monoisotopic (exact) mass is 273 g/mol. The van der Waals surface area contributed by atoms with E-state index >= 15 is 0 Å². The molecule has 0 amide bonds. The highest BCUT2D eigenvalue weighted by atomic mass is 35.5. The van der Waals surface area contributed by atoms with Crippen LogP contribution in [0.3, 0.4) is 0 Å². The second-order valence-corrected chi connectivity index (χ2v) is 3.23. The third-order valence-corrected chi connectivity index (χ3v) is 2.14. The summed E-state index contributed by atoms with van der Waals surface area (Å²) in [7, 11) is 0. The topological polar surface area (TPSA) is 60.2 Å². The first-order valence-electron chi connectivity index (χ1n) is 3.49. The van der Waals surface area contributed by atoms with Gasteiger partial charge in [0.25, 0.3) is 5.24 Å². The lowest BCUT2D eigenvalue weighted by atomic mass is 10.1. The van der Waals surface area contributed by atoms with Crippen molar-refractivity contribution in [2.45, 2.75) is 0 Å². The molecule has 1 aromatic rings. The maximum Gasteiger partial charge on any atom is 0.323 e. The molecule has 0 aromatic heterocycles. The second-order valence-electron chi connectivity index (χ2n) is 2.51. The highest BCUT2D eigenvalue weighted by Gasteiger charge is 2.34. The first-order chi connectivity index (χ1) is 7.29. The van der Waals surface area contributed by atoms with Gasteiger partial charge in [0.15, 0.2) is 17.2 Å². The van der Waals surface area contributed by atoms with Crippen molar-refractivity contribution in [2.75, 3.05) is 0 Å². The molecular formula is C7Cl2F3NO3. The predicted octanol–water partition coefficient (Wildman–Crippen LogP) is 3.04. The number of carbonyl (C=O) groups excluding carboxylic acids is 1. The lowest BCUT2D eigenvalue weighted by Crippen LogP contribution is -2.08. The van der Waals surface area contributed by atoms with Crippen LogP contribution in [0.4, 0.5) is 18.9 Å². The third kappa shape index (κ3) is 1.83. The number of benzene rings is 1. The van der Waals surface area contributed by atoms with Gasteiger partial charge in [-0.05, 0) is 11.6 Å². The van der Waals surface area contributed by atoms with E-state index in [0.717, 1.165) is 0 Å². The van der Waals surface area contributed by atoms with E-state index < -0.39 is 43.9 Å². The molecule has 0 bridgehead atoms. The Bertz CT molecular complexity index is 461. The maximum absolute atomic E-state index is 13.2. The van der Waals surface area contributed by atoms with Gasteiger partial charge in [-0.15, -0.1) is 0 Å². The molecule has 0 unspecified atom stereocenters. The zero-order valence-electron chi connectivity index (χ0n) is 7.06. The van der Waals surface area contributed by atoms with Crippen molar-refractivity contribution >= 4 is 34.1 Å². The predicted molar refractivity (Wildman–Crippen MR) is 48.2 cm³/mol. The molecule has 0 atom stereocenters. The van der Waals surface area contributed by atoms with Gasteiger partial charge in [-0.2, -0.15) is 4.39 Å². The average Bonchev–Trinajstić information content (AvgIpc) is 2.18. The Hall–Kier alpha value is -1.34. The van der Waals surface area contributed by atoms with Gasteiger partial charge in [0.2, 0.25) is 5.82 Å². The summed E-state index contributed by atoms with van der Waals surface area (Å²) in [4.78, 5) is 19.6. The van der Waals surface area contributed by atoms with Crippen molar-refractivity contribution in [1.29, 1.82) is 0 Å². The maximum atomic E-state index is 13.2. The molecule has 1 rings (SSSR count). The molecule has 86 valence electrons. The van der Waals surface area contributed by atoms with Gasteiger partial charge in [0.1, 0.15) is 5.02 Å². The minimum atomic E-state index is -2.04. The summed E-state index contributed by atoms with van der Waals surface area (Å²) >= 11 is 9.81. The van der Waals surface area contributed by atoms with Gasteiger partial charge in [-0.1, -0.05) is 11.6 Å². The number of rotatable bonds is 2. The molecule has 0 fully saturated rings. The Morgan fingerprint density at radius 1 is 1.19 bits per heavy atom. The lowest BCUT2D eigenvalue weighted by Gasteiger charge is -2.04. The number of hydrogen-bond donors (Lipinski definition) is 0. The summed E-state index contributed by atoms with van der Waals surface area (Å²) in [5.74, 6) is -5.76. The summed E-state index contributed by atoms with van der Waals surface area (Å²) in [6.45, 7) is 0. The van der Waals surface area contributed by atoms with Crippen LogP contribution in [0.2, 0.25) is 5.02 Å². The molecule has 4 nitrogen and oxygen atoms in total. The van der Waals surface area contributed by atoms with Crippen molar-refractivity contribution < 1.29 is 22.9 Å². The van der Waals surface area contributed by atoms with Crippen LogP contribution in [-0.2, 0) is 0 Å². The highest BCUT2D eigenvalue weighted by Crippen LogP contribution is 2.34. The van der Waals surface area contributed by atoms with Gasteiger partial charge >= 0.3 is 5.69 Å². The quantitative estimate of drug-likeness (QED) is 0.274. The molecule has 0 aliphatic rings. The van der Waals surface area contributed by atoms with Crippen LogP contribution in [0.25, 0.3) is 0 Å². The van der Waals surface area contributed by atoms with Crippen LogP contribution in [0, 0.1) is 27.6 Å². The minimum Gasteiger partial charge on any atom is -0.275 e. The SMILES string of the molecule is O=C(Cl)c1c(F)c(Cl)c(F)c(F)c1[N+](=O)[O-]. The summed E-state index contributed by atoms with van der Waals surface area (Å²) in [6.07, 6.45) is 0. The summed E-state index contributed by atoms with van der Waals surface area (Å²) in [5, 5.41) is 7.32. The Morgan fingerprint density at radius 3 is 2.06 bits per heavy atom. The molecule has 16 heavy (non-hydrogen) atoms. The molecule has 0 radical (unpaired) electrons. The van der Waals surface area contributed by atoms with Crippen molar-refractivity contribution in [3.05, 3.63) is 38.2 Å². The van der Waals surface area contributed by atoms with Crippen LogP contribution in [0.1, 0.15) is 10.4 Å². The summed E-state index contributed by atoms with van der Waals surface area (Å²) in [6, 6.07) is 0. The normalized spacial score (nSPS) is 10.3. The Labute approximate surface area is 95.7 Å². The molecule has 0 saturated carbocycles. The Morgan fingerprint density at radius 2 is 1.69 bits per heavy atom. The fraction of sp³-hybridized carbons (Fsp3) is 0. The van der Waals surface area contributed by atoms with Gasteiger partial charge in [0, 0.05) is 0 Å². The fourth-order valence-electron chi connectivity index (χ4n) is 0.971. The number of nitro groups is 1. The first kappa shape index (κ1) is 12.7. The molecule has 0 N–H and O–H groups in total. The largest absolute Gasteiger partial charge is 0.323 e. The van der Waals surface area contributed by atoms with Gasteiger partial charge < -0.3 is 0 Å². The molecule has 0 aliphatic carbocycles. The van der Waals surface area contributed by atoms with Crippen LogP contribution in [-0.4, -0.2) is 10.2 Å². The van der Waals surface area contributed by atoms with E-state index in [4.69, 9.17) is 23.2 Å². The van der Waals surface area contributed by atoms with Crippen molar-refractivity contribution in [3.63, 3.8) is 0 Å². The number of halogens is 5. The molecule has 0 spiro atoms. The van der Waals surface area contributed by atoms with E-state index in [9.17, 15) is 28.1 Å². The van der Waals surface area contributed by atoms with Crippen LogP contribution < -0.4 is 0 Å². The average molecular weight is 274 g/mol. The number of nitro benzene ring substituents is 1. The van der Waals surface area contributed by atoms with Crippen LogP contribution >= 0.6 is 23.2 Å². The summed E-state index contributed by atoms with van der Waals surface area (Å²) in [5.41, 5.74) is -3.09. The van der Waals surface area contributed by atoms with Gasteiger partial charge in [-0.3, -0.25) is 14.9 Å². The smallest absolute Gasteiger partial charge is 0.275 e. The molecule has 1 aromatic carbocycles. The molecule has 9 heteroatoms. The van der Waals surface area contributed by atoms with E-state index in [-0.39, 0.29) is 0 Å². The molecule has 0 heterocycles. The first-order valence-corrected chi connectivity index (χ1v) is 4.24. The third-order valence-electron chi connectivity index (χ3n) is 1.62. The van der Waals surface area contributed by atoms with Crippen molar-refractivity contribution in [1.82, 2.24) is 0 Å². The number of hydrogen-bond acceptors (Lipinski definition) is 3. The van der Waals surface area contributed by atoms with E-state index in [1.165, 1.54) is 0 Å². The van der Waals surface area contributed by atoms with Crippen molar-refractivity contribution in [3.8, 4) is 0 Å². The zero-order valence-corrected chi connectivity index (χ0v) is 8.57. The number of nitrogens with zero attached hydrogens (tertiary/aromatic N) is 1. The van der Waals surface area contributed by atoms with Gasteiger partial charge in [-0.25, -0.2) is 8.78 Å². The lowest BCUT2D eigenvalue weighted by molar-refractivity contribution is -0.388. The van der Waals surface area contributed by atoms with E-state index in [0.29, 0.717) is 0 Å².